The molecule has 0 heterocycles. The van der Waals surface area contributed by atoms with E-state index in [0.717, 1.165) is 12.0 Å². The number of hydrogen-bond acceptors (Lipinski definition) is 3. The number of sulfonamides is 1. The van der Waals surface area contributed by atoms with Crippen LogP contribution in [-0.2, 0) is 14.8 Å². The third-order valence-electron chi connectivity index (χ3n) is 4.27. The first-order valence-corrected chi connectivity index (χ1v) is 8.12. The molecule has 3 rings (SSSR count). The van der Waals surface area contributed by atoms with Crippen LogP contribution in [-0.4, -0.2) is 31.6 Å². The highest BCUT2D eigenvalue weighted by molar-refractivity contribution is 7.89. The highest BCUT2D eigenvalue weighted by Gasteiger charge is 2.48. The molecular formula is C15H17NO3S. The van der Waals surface area contributed by atoms with Crippen LogP contribution in [0, 0.1) is 18.8 Å². The zero-order chi connectivity index (χ0) is 14.5. The molecular weight excluding hydrogens is 274 g/mol. The van der Waals surface area contributed by atoms with Gasteiger partial charge in [0.25, 0.3) is 0 Å². The van der Waals surface area contributed by atoms with Gasteiger partial charge in [0, 0.05) is 18.9 Å². The van der Waals surface area contributed by atoms with Crippen LogP contribution in [0.1, 0.15) is 12.0 Å². The lowest BCUT2D eigenvalue weighted by molar-refractivity contribution is -0.122. The highest BCUT2D eigenvalue weighted by atomic mass is 32.2. The Balaban J connectivity index is 1.94. The summed E-state index contributed by atoms with van der Waals surface area (Å²) < 4.78 is 26.4. The number of benzene rings is 1. The van der Waals surface area contributed by atoms with Crippen molar-refractivity contribution in [1.82, 2.24) is 4.31 Å². The molecule has 3 atom stereocenters. The number of carbonyl (C=O) groups excluding carboxylic acids is 1. The summed E-state index contributed by atoms with van der Waals surface area (Å²) >= 11 is 0. The number of rotatable bonds is 3. The van der Waals surface area contributed by atoms with Crippen molar-refractivity contribution in [3.05, 3.63) is 42.0 Å². The lowest BCUT2D eigenvalue weighted by atomic mass is 10.0. The maximum absolute atomic E-state index is 12.6. The quantitative estimate of drug-likeness (QED) is 0.797. The van der Waals surface area contributed by atoms with E-state index in [9.17, 15) is 13.2 Å². The molecule has 4 nitrogen and oxygen atoms in total. The zero-order valence-corrected chi connectivity index (χ0v) is 12.3. The first-order valence-electron chi connectivity index (χ1n) is 6.68. The molecule has 106 valence electrons. The molecule has 1 fully saturated rings. The summed E-state index contributed by atoms with van der Waals surface area (Å²) in [5.41, 5.74) is 1.01. The minimum atomic E-state index is -3.62. The van der Waals surface area contributed by atoms with Crippen molar-refractivity contribution in [1.29, 1.82) is 0 Å². The Morgan fingerprint density at radius 3 is 2.35 bits per heavy atom. The van der Waals surface area contributed by atoms with Gasteiger partial charge in [0.15, 0.2) is 5.78 Å². The minimum absolute atomic E-state index is 0.0238. The molecule has 2 aliphatic rings. The molecule has 20 heavy (non-hydrogen) atoms. The molecule has 0 radical (unpaired) electrons. The van der Waals surface area contributed by atoms with Crippen molar-refractivity contribution in [3.8, 4) is 0 Å². The normalized spacial score (nSPS) is 28.6. The van der Waals surface area contributed by atoms with E-state index < -0.39 is 16.1 Å². The average molecular weight is 291 g/mol. The van der Waals surface area contributed by atoms with Gasteiger partial charge in [-0.3, -0.25) is 4.79 Å². The van der Waals surface area contributed by atoms with Crippen LogP contribution in [0.25, 0.3) is 0 Å². The van der Waals surface area contributed by atoms with Crippen molar-refractivity contribution in [2.45, 2.75) is 24.3 Å². The summed E-state index contributed by atoms with van der Waals surface area (Å²) in [4.78, 5) is 12.4. The van der Waals surface area contributed by atoms with Gasteiger partial charge in [0.05, 0.1) is 10.9 Å². The van der Waals surface area contributed by atoms with E-state index in [4.69, 9.17) is 0 Å². The fraction of sp³-hybridized carbons (Fsp3) is 0.400. The summed E-state index contributed by atoms with van der Waals surface area (Å²) in [7, 11) is -2.11. The lowest BCUT2D eigenvalue weighted by Crippen LogP contribution is -2.44. The zero-order valence-electron chi connectivity index (χ0n) is 11.5. The molecule has 1 saturated carbocycles. The van der Waals surface area contributed by atoms with Gasteiger partial charge in [-0.15, -0.1) is 0 Å². The number of allylic oxidation sites excluding steroid dienone is 1. The van der Waals surface area contributed by atoms with Crippen LogP contribution in [0.3, 0.4) is 0 Å². The number of hydrogen-bond donors (Lipinski definition) is 0. The first-order chi connectivity index (χ1) is 9.41. The van der Waals surface area contributed by atoms with Gasteiger partial charge < -0.3 is 0 Å². The SMILES string of the molecule is Cc1ccc(S(=O)(=O)N(C)[C@H]2C(=O)[C@@H]3C=C[C@H]2C3)cc1. The number of ketones is 1. The van der Waals surface area contributed by atoms with Crippen molar-refractivity contribution >= 4 is 15.8 Å². The molecule has 0 amide bonds. The fourth-order valence-corrected chi connectivity index (χ4v) is 4.45. The minimum Gasteiger partial charge on any atom is -0.297 e. The third kappa shape index (κ3) is 1.93. The van der Waals surface area contributed by atoms with Crippen LogP contribution in [0.4, 0.5) is 0 Å². The lowest BCUT2D eigenvalue weighted by Gasteiger charge is -2.27. The molecule has 0 aromatic heterocycles. The predicted octanol–water partition coefficient (Wildman–Crippen LogP) is 1.76. The van der Waals surface area contributed by atoms with Crippen LogP contribution >= 0.6 is 0 Å². The van der Waals surface area contributed by atoms with E-state index in [2.05, 4.69) is 0 Å². The molecule has 0 unspecified atom stereocenters. The summed E-state index contributed by atoms with van der Waals surface area (Å²) in [5, 5.41) is 0. The van der Waals surface area contributed by atoms with Gasteiger partial charge in [-0.2, -0.15) is 4.31 Å². The second kappa shape index (κ2) is 4.53. The maximum Gasteiger partial charge on any atom is 0.243 e. The Hall–Kier alpha value is -1.46. The predicted molar refractivity (Wildman–Crippen MR) is 75.7 cm³/mol. The fourth-order valence-electron chi connectivity index (χ4n) is 3.08. The molecule has 2 bridgehead atoms. The Bertz CT molecular complexity index is 676. The van der Waals surface area contributed by atoms with E-state index >= 15 is 0 Å². The van der Waals surface area contributed by atoms with Gasteiger partial charge in [0.1, 0.15) is 0 Å². The standard InChI is InChI=1S/C15H17NO3S/c1-10-3-7-13(8-4-10)20(18,19)16(2)14-11-5-6-12(9-11)15(14)17/h3-8,11-12,14H,9H2,1-2H3/t11-,12+,14+/m0/s1. The van der Waals surface area contributed by atoms with Crippen molar-refractivity contribution in [3.63, 3.8) is 0 Å². The molecule has 0 saturated heterocycles. The Morgan fingerprint density at radius 2 is 1.80 bits per heavy atom. The van der Waals surface area contributed by atoms with Crippen LogP contribution in [0.15, 0.2) is 41.3 Å². The monoisotopic (exact) mass is 291 g/mol. The van der Waals surface area contributed by atoms with Crippen molar-refractivity contribution < 1.29 is 13.2 Å². The van der Waals surface area contributed by atoms with Crippen molar-refractivity contribution in [2.75, 3.05) is 7.05 Å². The summed E-state index contributed by atoms with van der Waals surface area (Å²) in [6.07, 6.45) is 4.62. The van der Waals surface area contributed by atoms with Crippen LogP contribution < -0.4 is 0 Å². The topological polar surface area (TPSA) is 54.5 Å². The second-order valence-corrected chi connectivity index (χ2v) is 7.57. The van der Waals surface area contributed by atoms with Gasteiger partial charge in [-0.25, -0.2) is 8.42 Å². The van der Waals surface area contributed by atoms with E-state index in [0.29, 0.717) is 0 Å². The van der Waals surface area contributed by atoms with Gasteiger partial charge >= 0.3 is 0 Å². The summed E-state index contributed by atoms with van der Waals surface area (Å²) in [6, 6.07) is 6.17. The van der Waals surface area contributed by atoms with Gasteiger partial charge in [-0.05, 0) is 25.5 Å². The number of fused-ring (bicyclic) bond motifs is 2. The summed E-state index contributed by atoms with van der Waals surface area (Å²) in [5.74, 6) is -0.0472. The van der Waals surface area contributed by atoms with E-state index in [1.165, 1.54) is 11.4 Å². The Kier molecular flexibility index (Phi) is 3.06. The van der Waals surface area contributed by atoms with Gasteiger partial charge in [0.2, 0.25) is 10.0 Å². The number of nitrogens with zero attached hydrogens (tertiary/aromatic N) is 1. The summed E-state index contributed by atoms with van der Waals surface area (Å²) in [6.45, 7) is 1.91. The largest absolute Gasteiger partial charge is 0.297 e. The number of likely N-dealkylation sites (N-methyl/N-ethyl adjacent to an activating group) is 1. The molecule has 0 spiro atoms. The number of aryl methyl sites for hydroxylation is 1. The van der Waals surface area contributed by atoms with Crippen LogP contribution in [0.5, 0.6) is 0 Å². The van der Waals surface area contributed by atoms with E-state index in [-0.39, 0.29) is 22.5 Å². The molecule has 0 aliphatic heterocycles. The molecule has 1 aromatic carbocycles. The highest BCUT2D eigenvalue weighted by Crippen LogP contribution is 2.40. The smallest absolute Gasteiger partial charge is 0.243 e. The van der Waals surface area contributed by atoms with Crippen molar-refractivity contribution in [2.24, 2.45) is 11.8 Å². The molecule has 1 aromatic rings. The average Bonchev–Trinajstić information content (AvgIpc) is 2.99. The second-order valence-electron chi connectivity index (χ2n) is 5.57. The molecule has 0 N–H and O–H groups in total. The molecule has 2 aliphatic carbocycles. The third-order valence-corrected chi connectivity index (χ3v) is 6.12. The maximum atomic E-state index is 12.6. The van der Waals surface area contributed by atoms with Crippen LogP contribution in [0.2, 0.25) is 0 Å². The van der Waals surface area contributed by atoms with E-state index in [1.807, 2.05) is 19.1 Å². The number of carbonyl (C=O) groups is 1. The molecule has 5 heteroatoms. The van der Waals surface area contributed by atoms with E-state index in [1.54, 1.807) is 24.3 Å². The van der Waals surface area contributed by atoms with Gasteiger partial charge in [-0.1, -0.05) is 29.8 Å². The first kappa shape index (κ1) is 13.5. The number of Topliss-reactive ketones (excluding diaryl/α,β-unsaturated/α-hetero) is 1. The Morgan fingerprint density at radius 1 is 1.15 bits per heavy atom. The Labute approximate surface area is 119 Å².